The minimum absolute atomic E-state index is 0.300. The molecule has 0 saturated heterocycles. The standard InChI is InChI=1S/C10H19NO/c1-3-4-5-7-10(11)8-6-9-12-2/h1,10H,4-9,11H2,2H3. The first-order valence-corrected chi connectivity index (χ1v) is 4.49. The fourth-order valence-electron chi connectivity index (χ4n) is 1.10. The van der Waals surface area contributed by atoms with Crippen molar-refractivity contribution in [3.8, 4) is 12.3 Å². The van der Waals surface area contributed by atoms with Crippen LogP contribution in [0.5, 0.6) is 0 Å². The first-order chi connectivity index (χ1) is 5.81. The smallest absolute Gasteiger partial charge is 0.0462 e. The average molecular weight is 169 g/mol. The number of unbranched alkanes of at least 4 members (excludes halogenated alkanes) is 1. The van der Waals surface area contributed by atoms with Crippen LogP contribution in [0.3, 0.4) is 0 Å². The maximum absolute atomic E-state index is 5.83. The molecule has 0 saturated carbocycles. The van der Waals surface area contributed by atoms with E-state index < -0.39 is 0 Å². The summed E-state index contributed by atoms with van der Waals surface area (Å²) in [7, 11) is 1.71. The molecule has 0 aliphatic rings. The van der Waals surface area contributed by atoms with Crippen molar-refractivity contribution in [2.75, 3.05) is 13.7 Å². The van der Waals surface area contributed by atoms with Crippen LogP contribution < -0.4 is 5.73 Å². The molecule has 0 aromatic heterocycles. The van der Waals surface area contributed by atoms with Gasteiger partial charge in [-0.3, -0.25) is 0 Å². The summed E-state index contributed by atoms with van der Waals surface area (Å²) in [5.74, 6) is 2.61. The highest BCUT2D eigenvalue weighted by Crippen LogP contribution is 2.03. The van der Waals surface area contributed by atoms with Gasteiger partial charge in [-0.2, -0.15) is 0 Å². The van der Waals surface area contributed by atoms with Gasteiger partial charge in [0.25, 0.3) is 0 Å². The van der Waals surface area contributed by atoms with Gasteiger partial charge in [-0.1, -0.05) is 0 Å². The predicted octanol–water partition coefficient (Wildman–Crippen LogP) is 1.54. The fourth-order valence-corrected chi connectivity index (χ4v) is 1.10. The lowest BCUT2D eigenvalue weighted by atomic mass is 10.1. The largest absolute Gasteiger partial charge is 0.385 e. The maximum atomic E-state index is 5.83. The van der Waals surface area contributed by atoms with E-state index in [2.05, 4.69) is 5.92 Å². The summed E-state index contributed by atoms with van der Waals surface area (Å²) in [6.45, 7) is 0.808. The van der Waals surface area contributed by atoms with Crippen molar-refractivity contribution >= 4 is 0 Å². The van der Waals surface area contributed by atoms with Crippen LogP contribution in [0, 0.1) is 12.3 Å². The second kappa shape index (κ2) is 8.58. The quantitative estimate of drug-likeness (QED) is 0.463. The number of ether oxygens (including phenoxy) is 1. The van der Waals surface area contributed by atoms with Crippen molar-refractivity contribution in [2.24, 2.45) is 5.73 Å². The molecule has 0 aliphatic carbocycles. The third kappa shape index (κ3) is 7.59. The molecule has 2 nitrogen and oxygen atoms in total. The molecule has 0 bridgehead atoms. The van der Waals surface area contributed by atoms with Gasteiger partial charge < -0.3 is 10.5 Å². The summed E-state index contributed by atoms with van der Waals surface area (Å²) >= 11 is 0. The van der Waals surface area contributed by atoms with Gasteiger partial charge in [0.05, 0.1) is 0 Å². The van der Waals surface area contributed by atoms with Gasteiger partial charge in [0.15, 0.2) is 0 Å². The molecule has 0 amide bonds. The van der Waals surface area contributed by atoms with Gasteiger partial charge >= 0.3 is 0 Å². The zero-order chi connectivity index (χ0) is 9.23. The Kier molecular flexibility index (Phi) is 8.20. The van der Waals surface area contributed by atoms with E-state index in [0.29, 0.717) is 6.04 Å². The molecule has 70 valence electrons. The molecule has 0 aliphatic heterocycles. The first kappa shape index (κ1) is 11.5. The second-order valence-electron chi connectivity index (χ2n) is 2.99. The maximum Gasteiger partial charge on any atom is 0.0462 e. The lowest BCUT2D eigenvalue weighted by Crippen LogP contribution is -2.20. The van der Waals surface area contributed by atoms with Crippen LogP contribution in [0.1, 0.15) is 32.1 Å². The van der Waals surface area contributed by atoms with Gasteiger partial charge in [0.1, 0.15) is 0 Å². The van der Waals surface area contributed by atoms with Crippen molar-refractivity contribution in [3.05, 3.63) is 0 Å². The number of hydrogen-bond donors (Lipinski definition) is 1. The van der Waals surface area contributed by atoms with E-state index in [9.17, 15) is 0 Å². The van der Waals surface area contributed by atoms with E-state index in [4.69, 9.17) is 16.9 Å². The van der Waals surface area contributed by atoms with Crippen LogP contribution in [0.25, 0.3) is 0 Å². The third-order valence-corrected chi connectivity index (χ3v) is 1.82. The van der Waals surface area contributed by atoms with Gasteiger partial charge in [-0.25, -0.2) is 0 Å². The monoisotopic (exact) mass is 169 g/mol. The Labute approximate surface area is 75.5 Å². The number of rotatable bonds is 7. The molecule has 0 fully saturated rings. The van der Waals surface area contributed by atoms with Crippen LogP contribution in [-0.4, -0.2) is 19.8 Å². The molecule has 0 rings (SSSR count). The molecule has 0 radical (unpaired) electrons. The second-order valence-corrected chi connectivity index (χ2v) is 2.99. The number of nitrogens with two attached hydrogens (primary N) is 1. The summed E-state index contributed by atoms with van der Waals surface area (Å²) < 4.78 is 4.93. The Hall–Kier alpha value is -0.520. The molecule has 1 unspecified atom stereocenters. The summed E-state index contributed by atoms with van der Waals surface area (Å²) in [6.07, 6.45) is 10.1. The average Bonchev–Trinajstić information content (AvgIpc) is 2.06. The van der Waals surface area contributed by atoms with Crippen LogP contribution >= 0.6 is 0 Å². The normalized spacial score (nSPS) is 12.4. The zero-order valence-corrected chi connectivity index (χ0v) is 7.88. The lowest BCUT2D eigenvalue weighted by molar-refractivity contribution is 0.190. The minimum atomic E-state index is 0.300. The van der Waals surface area contributed by atoms with E-state index in [1.165, 1.54) is 0 Å². The minimum Gasteiger partial charge on any atom is -0.385 e. The van der Waals surface area contributed by atoms with Gasteiger partial charge in [-0.05, 0) is 25.7 Å². The summed E-state index contributed by atoms with van der Waals surface area (Å²) in [5, 5.41) is 0. The van der Waals surface area contributed by atoms with E-state index in [0.717, 1.165) is 38.7 Å². The molecular formula is C10H19NO. The lowest BCUT2D eigenvalue weighted by Gasteiger charge is -2.09. The summed E-state index contributed by atoms with van der Waals surface area (Å²) in [4.78, 5) is 0. The Morgan fingerprint density at radius 1 is 1.42 bits per heavy atom. The Morgan fingerprint density at radius 3 is 2.67 bits per heavy atom. The van der Waals surface area contributed by atoms with Crippen molar-refractivity contribution in [3.63, 3.8) is 0 Å². The van der Waals surface area contributed by atoms with E-state index >= 15 is 0 Å². The third-order valence-electron chi connectivity index (χ3n) is 1.82. The predicted molar refractivity (Wildman–Crippen MR) is 51.8 cm³/mol. The Morgan fingerprint density at radius 2 is 2.08 bits per heavy atom. The zero-order valence-electron chi connectivity index (χ0n) is 7.88. The van der Waals surface area contributed by atoms with Gasteiger partial charge in [0, 0.05) is 26.2 Å². The number of terminal acetylenes is 1. The first-order valence-electron chi connectivity index (χ1n) is 4.49. The van der Waals surface area contributed by atoms with Crippen LogP contribution in [0.15, 0.2) is 0 Å². The van der Waals surface area contributed by atoms with Crippen molar-refractivity contribution in [1.29, 1.82) is 0 Å². The van der Waals surface area contributed by atoms with Gasteiger partial charge in [-0.15, -0.1) is 12.3 Å². The number of hydrogen-bond acceptors (Lipinski definition) is 2. The van der Waals surface area contributed by atoms with Crippen LogP contribution in [0.4, 0.5) is 0 Å². The molecule has 0 aromatic rings. The molecule has 2 heteroatoms. The summed E-state index contributed by atoms with van der Waals surface area (Å²) in [5.41, 5.74) is 5.83. The molecular weight excluding hydrogens is 150 g/mol. The van der Waals surface area contributed by atoms with E-state index in [-0.39, 0.29) is 0 Å². The van der Waals surface area contributed by atoms with Crippen LogP contribution in [0.2, 0.25) is 0 Å². The Balaban J connectivity index is 3.11. The Bertz CT molecular complexity index is 128. The highest BCUT2D eigenvalue weighted by molar-refractivity contribution is 4.83. The highest BCUT2D eigenvalue weighted by Gasteiger charge is 2.00. The van der Waals surface area contributed by atoms with Crippen LogP contribution in [-0.2, 0) is 4.74 Å². The van der Waals surface area contributed by atoms with Crippen molar-refractivity contribution in [1.82, 2.24) is 0 Å². The van der Waals surface area contributed by atoms with Crippen molar-refractivity contribution < 1.29 is 4.74 Å². The van der Waals surface area contributed by atoms with Gasteiger partial charge in [0.2, 0.25) is 0 Å². The van der Waals surface area contributed by atoms with Crippen molar-refractivity contribution in [2.45, 2.75) is 38.1 Å². The highest BCUT2D eigenvalue weighted by atomic mass is 16.5. The SMILES string of the molecule is C#CCCCC(N)CCCOC. The molecule has 12 heavy (non-hydrogen) atoms. The molecule has 0 aromatic carbocycles. The summed E-state index contributed by atoms with van der Waals surface area (Å²) in [6, 6.07) is 0.300. The molecule has 2 N–H and O–H groups in total. The topological polar surface area (TPSA) is 35.2 Å². The molecule has 1 atom stereocenters. The van der Waals surface area contributed by atoms with E-state index in [1.54, 1.807) is 7.11 Å². The molecule has 0 spiro atoms. The molecule has 0 heterocycles. The van der Waals surface area contributed by atoms with E-state index in [1.807, 2.05) is 0 Å². The fraction of sp³-hybridized carbons (Fsp3) is 0.800. The number of methoxy groups -OCH3 is 1.